The van der Waals surface area contributed by atoms with Gasteiger partial charge < -0.3 is 4.74 Å². The van der Waals surface area contributed by atoms with Crippen LogP contribution in [-0.4, -0.2) is 22.5 Å². The lowest BCUT2D eigenvalue weighted by Gasteiger charge is -2.04. The summed E-state index contributed by atoms with van der Waals surface area (Å²) in [5.41, 5.74) is 3.31. The number of ketones is 1. The zero-order valence-electron chi connectivity index (χ0n) is 10.7. The topological polar surface area (TPSA) is 65.2 Å². The molecular weight excluding hydrogens is 244 g/mol. The van der Waals surface area contributed by atoms with E-state index in [1.165, 1.54) is 17.5 Å². The Morgan fingerprint density at radius 2 is 2.21 bits per heavy atom. The van der Waals surface area contributed by atoms with Crippen molar-refractivity contribution >= 4 is 5.78 Å². The molecule has 0 spiro atoms. The van der Waals surface area contributed by atoms with Gasteiger partial charge in [0.05, 0.1) is 0 Å². The molecule has 0 amide bonds. The van der Waals surface area contributed by atoms with Crippen LogP contribution in [0.1, 0.15) is 33.7 Å². The van der Waals surface area contributed by atoms with E-state index < -0.39 is 0 Å². The summed E-state index contributed by atoms with van der Waals surface area (Å²) in [7, 11) is 0. The van der Waals surface area contributed by atoms with Crippen LogP contribution in [0.3, 0.4) is 0 Å². The van der Waals surface area contributed by atoms with Crippen LogP contribution >= 0.6 is 0 Å². The molecule has 0 fully saturated rings. The van der Waals surface area contributed by atoms with Gasteiger partial charge in [-0.25, -0.2) is 0 Å². The molecule has 1 heterocycles. The standard InChI is InChI=1S/C14H14N2O3/c1-9-15-14(19-16-9)18-8-13(17)12-6-5-10-3-2-4-11(10)7-12/h5-7H,2-4,8H2,1H3. The number of hydrogen-bond acceptors (Lipinski definition) is 5. The molecule has 5 nitrogen and oxygen atoms in total. The van der Waals surface area contributed by atoms with E-state index in [0.717, 1.165) is 12.8 Å². The molecule has 0 aliphatic heterocycles. The highest BCUT2D eigenvalue weighted by molar-refractivity contribution is 5.97. The molecule has 0 radical (unpaired) electrons. The summed E-state index contributed by atoms with van der Waals surface area (Å²) in [5.74, 6) is 0.408. The minimum absolute atomic E-state index is 0.0343. The average Bonchev–Trinajstić information content (AvgIpc) is 3.03. The Morgan fingerprint density at radius 3 is 3.00 bits per heavy atom. The number of ether oxygens (including phenoxy) is 1. The van der Waals surface area contributed by atoms with E-state index in [9.17, 15) is 4.79 Å². The minimum Gasteiger partial charge on any atom is -0.440 e. The highest BCUT2D eigenvalue weighted by Gasteiger charge is 2.15. The summed E-state index contributed by atoms with van der Waals surface area (Å²) in [6.07, 6.45) is 3.37. The average molecular weight is 258 g/mol. The molecule has 0 bridgehead atoms. The SMILES string of the molecule is Cc1noc(OCC(=O)c2ccc3c(c2)CCC3)n1. The van der Waals surface area contributed by atoms with Crippen LogP contribution in [-0.2, 0) is 12.8 Å². The van der Waals surface area contributed by atoms with Gasteiger partial charge in [-0.1, -0.05) is 17.3 Å². The van der Waals surface area contributed by atoms with Crippen molar-refractivity contribution in [1.82, 2.24) is 10.1 Å². The number of carbonyl (C=O) groups is 1. The molecule has 2 aromatic rings. The second kappa shape index (κ2) is 4.84. The van der Waals surface area contributed by atoms with Crippen molar-refractivity contribution in [2.75, 3.05) is 6.61 Å². The number of Topliss-reactive ketones (excluding diaryl/α,β-unsaturated/α-hetero) is 1. The second-order valence-corrected chi connectivity index (χ2v) is 4.66. The molecule has 1 aromatic carbocycles. The first-order valence-electron chi connectivity index (χ1n) is 6.30. The summed E-state index contributed by atoms with van der Waals surface area (Å²) in [5, 5.41) is 3.59. The third-order valence-corrected chi connectivity index (χ3v) is 3.26. The Hall–Kier alpha value is -2.17. The van der Waals surface area contributed by atoms with E-state index >= 15 is 0 Å². The number of aryl methyl sites for hydroxylation is 3. The summed E-state index contributed by atoms with van der Waals surface area (Å²) < 4.78 is 9.96. The van der Waals surface area contributed by atoms with Gasteiger partial charge in [0.1, 0.15) is 0 Å². The molecule has 19 heavy (non-hydrogen) atoms. The fourth-order valence-electron chi connectivity index (χ4n) is 2.29. The normalized spacial score (nSPS) is 13.3. The molecule has 1 aromatic heterocycles. The summed E-state index contributed by atoms with van der Waals surface area (Å²) in [4.78, 5) is 15.9. The van der Waals surface area contributed by atoms with Gasteiger partial charge in [-0.15, -0.1) is 0 Å². The van der Waals surface area contributed by atoms with Crippen LogP contribution in [0.2, 0.25) is 0 Å². The van der Waals surface area contributed by atoms with Crippen molar-refractivity contribution in [3.63, 3.8) is 0 Å². The zero-order chi connectivity index (χ0) is 13.2. The third kappa shape index (κ3) is 2.50. The molecule has 0 saturated carbocycles. The maximum Gasteiger partial charge on any atom is 0.417 e. The smallest absolute Gasteiger partial charge is 0.417 e. The second-order valence-electron chi connectivity index (χ2n) is 4.66. The Labute approximate surface area is 110 Å². The molecule has 1 aliphatic rings. The van der Waals surface area contributed by atoms with Crippen LogP contribution in [0, 0.1) is 6.92 Å². The monoisotopic (exact) mass is 258 g/mol. The highest BCUT2D eigenvalue weighted by Crippen LogP contribution is 2.23. The number of carbonyl (C=O) groups excluding carboxylic acids is 1. The lowest BCUT2D eigenvalue weighted by Crippen LogP contribution is -2.12. The molecule has 0 atom stereocenters. The first kappa shape index (κ1) is 11.9. The quantitative estimate of drug-likeness (QED) is 0.786. The zero-order valence-corrected chi connectivity index (χ0v) is 10.7. The van der Waals surface area contributed by atoms with Gasteiger partial charge in [-0.05, 0) is 43.4 Å². The van der Waals surface area contributed by atoms with Gasteiger partial charge in [0, 0.05) is 5.56 Å². The van der Waals surface area contributed by atoms with E-state index in [-0.39, 0.29) is 18.5 Å². The van der Waals surface area contributed by atoms with E-state index in [4.69, 9.17) is 9.26 Å². The van der Waals surface area contributed by atoms with Crippen LogP contribution in [0.25, 0.3) is 0 Å². The van der Waals surface area contributed by atoms with Gasteiger partial charge in [-0.3, -0.25) is 9.32 Å². The van der Waals surface area contributed by atoms with Crippen molar-refractivity contribution in [2.24, 2.45) is 0 Å². The van der Waals surface area contributed by atoms with Gasteiger partial charge in [0.15, 0.2) is 18.2 Å². The van der Waals surface area contributed by atoms with Gasteiger partial charge in [-0.2, -0.15) is 4.98 Å². The summed E-state index contributed by atoms with van der Waals surface area (Å²) in [6.45, 7) is 1.61. The number of nitrogens with zero attached hydrogens (tertiary/aromatic N) is 2. The molecule has 0 N–H and O–H groups in total. The van der Waals surface area contributed by atoms with Crippen molar-refractivity contribution in [3.05, 3.63) is 40.7 Å². The number of aromatic nitrogens is 2. The number of hydrogen-bond donors (Lipinski definition) is 0. The summed E-state index contributed by atoms with van der Waals surface area (Å²) >= 11 is 0. The molecule has 98 valence electrons. The van der Waals surface area contributed by atoms with E-state index in [1.54, 1.807) is 6.92 Å². The molecule has 0 saturated heterocycles. The van der Waals surface area contributed by atoms with Crippen molar-refractivity contribution in [3.8, 4) is 6.08 Å². The highest BCUT2D eigenvalue weighted by atomic mass is 16.6. The van der Waals surface area contributed by atoms with E-state index in [1.807, 2.05) is 18.2 Å². The predicted molar refractivity (Wildman–Crippen MR) is 67.3 cm³/mol. The van der Waals surface area contributed by atoms with Crippen LogP contribution in [0.15, 0.2) is 22.7 Å². The summed E-state index contributed by atoms with van der Waals surface area (Å²) in [6, 6.07) is 5.86. The largest absolute Gasteiger partial charge is 0.440 e. The Bertz CT molecular complexity index is 619. The van der Waals surface area contributed by atoms with E-state index in [0.29, 0.717) is 11.4 Å². The number of rotatable bonds is 4. The van der Waals surface area contributed by atoms with Gasteiger partial charge in [0.25, 0.3) is 0 Å². The fourth-order valence-corrected chi connectivity index (χ4v) is 2.29. The maximum atomic E-state index is 12.0. The maximum absolute atomic E-state index is 12.0. The first-order chi connectivity index (χ1) is 9.22. The minimum atomic E-state index is -0.0829. The lowest BCUT2D eigenvalue weighted by atomic mass is 10.0. The molecule has 3 rings (SSSR count). The van der Waals surface area contributed by atoms with Crippen LogP contribution < -0.4 is 4.74 Å². The number of benzene rings is 1. The predicted octanol–water partition coefficient (Wildman–Crippen LogP) is 2.13. The Morgan fingerprint density at radius 1 is 1.37 bits per heavy atom. The number of fused-ring (bicyclic) bond motifs is 1. The van der Waals surface area contributed by atoms with Crippen molar-refractivity contribution < 1.29 is 14.1 Å². The molecule has 5 heteroatoms. The molecule has 1 aliphatic carbocycles. The Balaban J connectivity index is 1.67. The van der Waals surface area contributed by atoms with E-state index in [2.05, 4.69) is 10.1 Å². The first-order valence-corrected chi connectivity index (χ1v) is 6.30. The fraction of sp³-hybridized carbons (Fsp3) is 0.357. The third-order valence-electron chi connectivity index (χ3n) is 3.26. The van der Waals surface area contributed by atoms with Crippen molar-refractivity contribution in [2.45, 2.75) is 26.2 Å². The van der Waals surface area contributed by atoms with Crippen LogP contribution in [0.4, 0.5) is 0 Å². The Kier molecular flexibility index (Phi) is 3.03. The van der Waals surface area contributed by atoms with Crippen molar-refractivity contribution in [1.29, 1.82) is 0 Å². The van der Waals surface area contributed by atoms with Crippen LogP contribution in [0.5, 0.6) is 6.08 Å². The lowest BCUT2D eigenvalue weighted by molar-refractivity contribution is 0.0884. The molecular formula is C14H14N2O3. The molecule has 0 unspecified atom stereocenters. The van der Waals surface area contributed by atoms with Gasteiger partial charge in [0.2, 0.25) is 0 Å². The van der Waals surface area contributed by atoms with Gasteiger partial charge >= 0.3 is 6.08 Å².